The van der Waals surface area contributed by atoms with Crippen molar-refractivity contribution in [1.29, 1.82) is 0 Å². The molecule has 1 N–H and O–H groups in total. The first-order valence-electron chi connectivity index (χ1n) is 9.11. The molecule has 0 saturated heterocycles. The van der Waals surface area contributed by atoms with E-state index in [0.717, 1.165) is 29.2 Å². The van der Waals surface area contributed by atoms with Gasteiger partial charge in [0.2, 0.25) is 0 Å². The molecule has 1 atom stereocenters. The molecule has 1 unspecified atom stereocenters. The van der Waals surface area contributed by atoms with Crippen molar-refractivity contribution in [3.05, 3.63) is 78.4 Å². The summed E-state index contributed by atoms with van der Waals surface area (Å²) in [6.45, 7) is 3.96. The van der Waals surface area contributed by atoms with Crippen LogP contribution in [-0.4, -0.2) is 33.6 Å². The second kappa shape index (κ2) is 7.53. The quantitative estimate of drug-likeness (QED) is 0.765. The van der Waals surface area contributed by atoms with Gasteiger partial charge in [0.1, 0.15) is 11.8 Å². The average molecular weight is 362 g/mol. The smallest absolute Gasteiger partial charge is 0.322 e. The number of benzene rings is 1. The van der Waals surface area contributed by atoms with Crippen molar-refractivity contribution < 1.29 is 9.53 Å². The Morgan fingerprint density at radius 2 is 2.04 bits per heavy atom. The van der Waals surface area contributed by atoms with Crippen molar-refractivity contribution in [3.8, 4) is 5.75 Å². The molecule has 0 fully saturated rings. The summed E-state index contributed by atoms with van der Waals surface area (Å²) in [7, 11) is 0. The number of carbonyl (C=O) groups excluding carboxylic acids is 1. The lowest BCUT2D eigenvalue weighted by Gasteiger charge is -2.37. The molecule has 0 aliphatic carbocycles. The van der Waals surface area contributed by atoms with Crippen LogP contribution in [-0.2, 0) is 6.54 Å². The lowest BCUT2D eigenvalue weighted by Crippen LogP contribution is -2.44. The Bertz CT molecular complexity index is 905. The molecule has 4 rings (SSSR count). The maximum Gasteiger partial charge on any atom is 0.322 e. The number of carbonyl (C=O) groups is 1. The fraction of sp³-hybridized carbons (Fsp3) is 0.238. The molecule has 3 heterocycles. The molecule has 1 aliphatic heterocycles. The summed E-state index contributed by atoms with van der Waals surface area (Å²) in [5, 5.41) is 3.01. The maximum absolute atomic E-state index is 13.0. The molecule has 0 saturated carbocycles. The standard InChI is InChI=1S/C21H22N4O2/c1-2-27-18-9-7-17(8-10-18)23-21(26)25-14-13-24-12-4-6-19(24)20(25)16-5-3-11-22-15-16/h3-12,15,20H,2,13-14H2,1H3,(H,23,26). The van der Waals surface area contributed by atoms with Crippen LogP contribution in [0.1, 0.15) is 24.2 Å². The van der Waals surface area contributed by atoms with Crippen molar-refractivity contribution in [2.24, 2.45) is 0 Å². The number of urea groups is 1. The summed E-state index contributed by atoms with van der Waals surface area (Å²) >= 11 is 0. The molecule has 1 aliphatic rings. The van der Waals surface area contributed by atoms with E-state index < -0.39 is 0 Å². The molecule has 6 heteroatoms. The molecular formula is C21H22N4O2. The minimum Gasteiger partial charge on any atom is -0.494 e. The van der Waals surface area contributed by atoms with E-state index in [1.807, 2.05) is 60.5 Å². The monoisotopic (exact) mass is 362 g/mol. The number of hydrogen-bond donors (Lipinski definition) is 1. The molecule has 0 radical (unpaired) electrons. The number of nitrogens with zero attached hydrogens (tertiary/aromatic N) is 3. The van der Waals surface area contributed by atoms with Crippen molar-refractivity contribution in [2.45, 2.75) is 19.5 Å². The molecule has 27 heavy (non-hydrogen) atoms. The summed E-state index contributed by atoms with van der Waals surface area (Å²) in [6.07, 6.45) is 5.63. The molecule has 3 aromatic rings. The van der Waals surface area contributed by atoms with Gasteiger partial charge in [0.05, 0.1) is 6.61 Å². The number of aromatic nitrogens is 2. The van der Waals surface area contributed by atoms with E-state index in [0.29, 0.717) is 13.2 Å². The predicted molar refractivity (Wildman–Crippen MR) is 104 cm³/mol. The second-order valence-electron chi connectivity index (χ2n) is 6.40. The maximum atomic E-state index is 13.0. The molecule has 6 nitrogen and oxygen atoms in total. The van der Waals surface area contributed by atoms with E-state index in [-0.39, 0.29) is 12.1 Å². The van der Waals surface area contributed by atoms with Crippen LogP contribution in [0.25, 0.3) is 0 Å². The molecule has 0 spiro atoms. The van der Waals surface area contributed by atoms with Gasteiger partial charge in [-0.05, 0) is 55.0 Å². The Kier molecular flexibility index (Phi) is 4.78. The van der Waals surface area contributed by atoms with E-state index in [1.165, 1.54) is 0 Å². The topological polar surface area (TPSA) is 59.4 Å². The summed E-state index contributed by atoms with van der Waals surface area (Å²) in [5.41, 5.74) is 2.84. The van der Waals surface area contributed by atoms with Gasteiger partial charge in [-0.3, -0.25) is 4.98 Å². The minimum absolute atomic E-state index is 0.125. The van der Waals surface area contributed by atoms with Crippen LogP contribution in [0, 0.1) is 0 Å². The second-order valence-corrected chi connectivity index (χ2v) is 6.40. The largest absolute Gasteiger partial charge is 0.494 e. The van der Waals surface area contributed by atoms with Crippen molar-refractivity contribution >= 4 is 11.7 Å². The number of pyridine rings is 1. The van der Waals surface area contributed by atoms with Gasteiger partial charge in [0, 0.05) is 43.1 Å². The van der Waals surface area contributed by atoms with Gasteiger partial charge < -0.3 is 19.5 Å². The van der Waals surface area contributed by atoms with Crippen molar-refractivity contribution in [2.75, 3.05) is 18.5 Å². The first-order valence-corrected chi connectivity index (χ1v) is 9.11. The number of fused-ring (bicyclic) bond motifs is 1. The highest BCUT2D eigenvalue weighted by atomic mass is 16.5. The average Bonchev–Trinajstić information content (AvgIpc) is 3.18. The zero-order valence-corrected chi connectivity index (χ0v) is 15.2. The van der Waals surface area contributed by atoms with Crippen LogP contribution in [0.15, 0.2) is 67.1 Å². The third-order valence-corrected chi connectivity index (χ3v) is 4.72. The van der Waals surface area contributed by atoms with Gasteiger partial charge in [0.15, 0.2) is 0 Å². The summed E-state index contributed by atoms with van der Waals surface area (Å²) in [5.74, 6) is 0.791. The van der Waals surface area contributed by atoms with Crippen LogP contribution in [0.4, 0.5) is 10.5 Å². The van der Waals surface area contributed by atoms with E-state index in [9.17, 15) is 4.79 Å². The molecular weight excluding hydrogens is 340 g/mol. The normalized spacial score (nSPS) is 15.9. The van der Waals surface area contributed by atoms with Crippen molar-refractivity contribution in [1.82, 2.24) is 14.5 Å². The minimum atomic E-state index is -0.162. The lowest BCUT2D eigenvalue weighted by atomic mass is 10.0. The van der Waals surface area contributed by atoms with E-state index >= 15 is 0 Å². The van der Waals surface area contributed by atoms with Crippen LogP contribution >= 0.6 is 0 Å². The van der Waals surface area contributed by atoms with Gasteiger partial charge in [0.25, 0.3) is 0 Å². The molecule has 2 aromatic heterocycles. The number of hydrogen-bond acceptors (Lipinski definition) is 3. The van der Waals surface area contributed by atoms with Crippen molar-refractivity contribution in [3.63, 3.8) is 0 Å². The Balaban J connectivity index is 1.58. The zero-order valence-electron chi connectivity index (χ0n) is 15.2. The fourth-order valence-corrected chi connectivity index (χ4v) is 3.49. The zero-order chi connectivity index (χ0) is 18.6. The number of amides is 2. The first kappa shape index (κ1) is 17.1. The van der Waals surface area contributed by atoms with Gasteiger partial charge in [-0.25, -0.2) is 4.79 Å². The highest BCUT2D eigenvalue weighted by Gasteiger charge is 2.32. The summed E-state index contributed by atoms with van der Waals surface area (Å²) in [6, 6.07) is 15.1. The van der Waals surface area contributed by atoms with Crippen LogP contribution in [0.5, 0.6) is 5.75 Å². The Labute approximate surface area is 158 Å². The Morgan fingerprint density at radius 1 is 1.19 bits per heavy atom. The SMILES string of the molecule is CCOc1ccc(NC(=O)N2CCn3cccc3C2c2cccnc2)cc1. The third kappa shape index (κ3) is 3.51. The summed E-state index contributed by atoms with van der Waals surface area (Å²) in [4.78, 5) is 19.2. The number of rotatable bonds is 4. The van der Waals surface area contributed by atoms with Gasteiger partial charge in [-0.1, -0.05) is 6.07 Å². The van der Waals surface area contributed by atoms with Gasteiger partial charge >= 0.3 is 6.03 Å². The summed E-state index contributed by atoms with van der Waals surface area (Å²) < 4.78 is 7.65. The van der Waals surface area contributed by atoms with E-state index in [4.69, 9.17) is 4.74 Å². The molecule has 2 amide bonds. The highest BCUT2D eigenvalue weighted by Crippen LogP contribution is 2.32. The Hall–Kier alpha value is -3.28. The third-order valence-electron chi connectivity index (χ3n) is 4.72. The highest BCUT2D eigenvalue weighted by molar-refractivity contribution is 5.90. The van der Waals surface area contributed by atoms with Gasteiger partial charge in [-0.15, -0.1) is 0 Å². The molecule has 1 aromatic carbocycles. The van der Waals surface area contributed by atoms with Crippen LogP contribution in [0.3, 0.4) is 0 Å². The van der Waals surface area contributed by atoms with Crippen LogP contribution in [0.2, 0.25) is 0 Å². The lowest BCUT2D eigenvalue weighted by molar-refractivity contribution is 0.181. The first-order chi connectivity index (χ1) is 13.3. The molecule has 0 bridgehead atoms. The fourth-order valence-electron chi connectivity index (χ4n) is 3.49. The predicted octanol–water partition coefficient (Wildman–Crippen LogP) is 3.92. The van der Waals surface area contributed by atoms with E-state index in [1.54, 1.807) is 6.20 Å². The Morgan fingerprint density at radius 3 is 2.78 bits per heavy atom. The number of nitrogens with one attached hydrogen (secondary N) is 1. The van der Waals surface area contributed by atoms with E-state index in [2.05, 4.69) is 27.1 Å². The van der Waals surface area contributed by atoms with Gasteiger partial charge in [-0.2, -0.15) is 0 Å². The van der Waals surface area contributed by atoms with Crippen LogP contribution < -0.4 is 10.1 Å². The number of ether oxygens (including phenoxy) is 1. The molecule has 138 valence electrons. The number of anilines is 1.